The fourth-order valence-corrected chi connectivity index (χ4v) is 2.35. The summed E-state index contributed by atoms with van der Waals surface area (Å²) >= 11 is 6.03. The van der Waals surface area contributed by atoms with Crippen LogP contribution >= 0.6 is 11.6 Å². The summed E-state index contributed by atoms with van der Waals surface area (Å²) < 4.78 is 6.03. The van der Waals surface area contributed by atoms with Crippen LogP contribution in [0.4, 0.5) is 0 Å². The van der Waals surface area contributed by atoms with E-state index in [1.165, 1.54) is 12.8 Å². The summed E-state index contributed by atoms with van der Waals surface area (Å²) in [4.78, 5) is 0. The number of hydrogen-bond donors (Lipinski definition) is 0. The Kier molecular flexibility index (Phi) is 6.62. The van der Waals surface area contributed by atoms with Gasteiger partial charge in [0.1, 0.15) is 6.07 Å². The summed E-state index contributed by atoms with van der Waals surface area (Å²) in [6, 6.07) is 2.09. The lowest BCUT2D eigenvalue weighted by Gasteiger charge is -2.26. The zero-order valence-electron chi connectivity index (χ0n) is 12.3. The van der Waals surface area contributed by atoms with E-state index in [2.05, 4.69) is 33.8 Å². The lowest BCUT2D eigenvalue weighted by atomic mass is 9.95. The maximum atomic E-state index is 8.86. The lowest BCUT2D eigenvalue weighted by Crippen LogP contribution is -2.25. The second kappa shape index (κ2) is 7.72. The number of nitriles is 1. The van der Waals surface area contributed by atoms with Gasteiger partial charge in [-0.1, -0.05) is 44.9 Å². The van der Waals surface area contributed by atoms with Gasteiger partial charge < -0.3 is 4.74 Å². The first kappa shape index (κ1) is 16.3. The lowest BCUT2D eigenvalue weighted by molar-refractivity contribution is -0.00806. The number of halogens is 1. The third kappa shape index (κ3) is 5.38. The molecule has 2 nitrogen and oxygen atoms in total. The maximum absolute atomic E-state index is 8.86. The van der Waals surface area contributed by atoms with E-state index in [-0.39, 0.29) is 12.2 Å². The van der Waals surface area contributed by atoms with Crippen LogP contribution in [0.1, 0.15) is 47.0 Å². The molecule has 0 aromatic carbocycles. The van der Waals surface area contributed by atoms with Gasteiger partial charge in [0.15, 0.2) is 0 Å². The van der Waals surface area contributed by atoms with Gasteiger partial charge in [-0.05, 0) is 37.7 Å². The van der Waals surface area contributed by atoms with Gasteiger partial charge >= 0.3 is 0 Å². The Morgan fingerprint density at radius 3 is 2.58 bits per heavy atom. The first-order chi connectivity index (χ1) is 8.93. The number of rotatable bonds is 6. The Morgan fingerprint density at radius 2 is 2.05 bits per heavy atom. The van der Waals surface area contributed by atoms with Crippen LogP contribution in [0.25, 0.3) is 0 Å². The molecule has 0 radical (unpaired) electrons. The molecule has 1 aliphatic carbocycles. The van der Waals surface area contributed by atoms with Crippen LogP contribution in [0, 0.1) is 23.2 Å². The Balaban J connectivity index is 2.44. The molecule has 3 unspecified atom stereocenters. The standard InChI is InChI=1S/C16H24ClNO/c1-11(2)5-6-12(3)13(4)19-15-8-7-14(10-18)16(17)9-15/h7,9,11-13,15H,5-6,8H2,1-4H3. The Morgan fingerprint density at radius 1 is 1.37 bits per heavy atom. The molecule has 3 atom stereocenters. The van der Waals surface area contributed by atoms with Gasteiger partial charge in [-0.25, -0.2) is 0 Å². The monoisotopic (exact) mass is 281 g/mol. The van der Waals surface area contributed by atoms with Crippen molar-refractivity contribution in [3.8, 4) is 6.07 Å². The molecule has 0 spiro atoms. The summed E-state index contributed by atoms with van der Waals surface area (Å²) in [7, 11) is 0. The smallest absolute Gasteiger partial charge is 0.100 e. The van der Waals surface area contributed by atoms with E-state index in [4.69, 9.17) is 21.6 Å². The molecule has 0 bridgehead atoms. The normalized spacial score (nSPS) is 22.5. The molecule has 3 heteroatoms. The maximum Gasteiger partial charge on any atom is 0.100 e. The van der Waals surface area contributed by atoms with E-state index in [0.717, 1.165) is 12.3 Å². The first-order valence-electron chi connectivity index (χ1n) is 7.07. The van der Waals surface area contributed by atoms with E-state index >= 15 is 0 Å². The molecule has 0 aromatic rings. The fourth-order valence-electron chi connectivity index (χ4n) is 2.09. The third-order valence-electron chi connectivity index (χ3n) is 3.65. The Labute approximate surface area is 122 Å². The molecule has 0 saturated carbocycles. The van der Waals surface area contributed by atoms with Crippen LogP contribution in [-0.2, 0) is 4.74 Å². The van der Waals surface area contributed by atoms with Crippen LogP contribution in [-0.4, -0.2) is 12.2 Å². The predicted molar refractivity (Wildman–Crippen MR) is 79.8 cm³/mol. The van der Waals surface area contributed by atoms with E-state index < -0.39 is 0 Å². The molecular weight excluding hydrogens is 258 g/mol. The molecule has 106 valence electrons. The number of nitrogens with zero attached hydrogens (tertiary/aromatic N) is 1. The highest BCUT2D eigenvalue weighted by Gasteiger charge is 2.20. The summed E-state index contributed by atoms with van der Waals surface area (Å²) in [5.41, 5.74) is 0.557. The Hall–Kier alpha value is -0.780. The van der Waals surface area contributed by atoms with Crippen molar-refractivity contribution in [3.63, 3.8) is 0 Å². The molecule has 0 heterocycles. The average Bonchev–Trinajstić information content (AvgIpc) is 2.36. The van der Waals surface area contributed by atoms with Crippen LogP contribution in [0.15, 0.2) is 22.8 Å². The van der Waals surface area contributed by atoms with E-state index in [1.54, 1.807) is 0 Å². The largest absolute Gasteiger partial charge is 0.371 e. The van der Waals surface area contributed by atoms with Gasteiger partial charge in [0, 0.05) is 0 Å². The zero-order chi connectivity index (χ0) is 14.4. The van der Waals surface area contributed by atoms with E-state index in [1.807, 2.05) is 12.2 Å². The number of ether oxygens (including phenoxy) is 1. The highest BCUT2D eigenvalue weighted by molar-refractivity contribution is 6.32. The quantitative estimate of drug-likeness (QED) is 0.700. The minimum atomic E-state index is 0.00102. The van der Waals surface area contributed by atoms with Crippen molar-refractivity contribution >= 4 is 11.6 Å². The first-order valence-corrected chi connectivity index (χ1v) is 7.45. The molecule has 0 aliphatic heterocycles. The molecule has 0 fully saturated rings. The number of allylic oxidation sites excluding steroid dienone is 2. The van der Waals surface area contributed by atoms with Gasteiger partial charge in [0.05, 0.1) is 22.8 Å². The predicted octanol–water partition coefficient (Wildman–Crippen LogP) is 4.81. The molecule has 1 rings (SSSR count). The zero-order valence-corrected chi connectivity index (χ0v) is 13.1. The molecule has 0 saturated heterocycles. The van der Waals surface area contributed by atoms with Crippen LogP contribution in [0.2, 0.25) is 0 Å². The summed E-state index contributed by atoms with van der Waals surface area (Å²) in [5.74, 6) is 1.27. The van der Waals surface area contributed by atoms with Crippen molar-refractivity contribution in [2.45, 2.75) is 59.2 Å². The van der Waals surface area contributed by atoms with Crippen molar-refractivity contribution in [3.05, 3.63) is 22.8 Å². The SMILES string of the molecule is CC(C)CCC(C)C(C)OC1C=C(Cl)C(C#N)=CC1. The van der Waals surface area contributed by atoms with E-state index in [9.17, 15) is 0 Å². The van der Waals surface area contributed by atoms with Crippen LogP contribution < -0.4 is 0 Å². The minimum Gasteiger partial charge on any atom is -0.371 e. The molecule has 1 aliphatic rings. The summed E-state index contributed by atoms with van der Waals surface area (Å²) in [6.07, 6.45) is 7.07. The minimum absolute atomic E-state index is 0.00102. The number of hydrogen-bond acceptors (Lipinski definition) is 2. The van der Waals surface area contributed by atoms with Crippen LogP contribution in [0.5, 0.6) is 0 Å². The van der Waals surface area contributed by atoms with Crippen molar-refractivity contribution in [2.75, 3.05) is 0 Å². The van der Waals surface area contributed by atoms with Gasteiger partial charge in [-0.15, -0.1) is 0 Å². The van der Waals surface area contributed by atoms with Gasteiger partial charge in [0.25, 0.3) is 0 Å². The second-order valence-electron chi connectivity index (χ2n) is 5.81. The van der Waals surface area contributed by atoms with Crippen molar-refractivity contribution in [2.24, 2.45) is 11.8 Å². The average molecular weight is 282 g/mol. The van der Waals surface area contributed by atoms with Crippen molar-refractivity contribution in [1.29, 1.82) is 5.26 Å². The third-order valence-corrected chi connectivity index (χ3v) is 3.98. The fraction of sp³-hybridized carbons (Fsp3) is 0.688. The Bertz CT molecular complexity index is 392. The van der Waals surface area contributed by atoms with Gasteiger partial charge in [-0.3, -0.25) is 0 Å². The molecule has 0 amide bonds. The molecular formula is C16H24ClNO. The van der Waals surface area contributed by atoms with E-state index in [0.29, 0.717) is 16.5 Å². The molecule has 0 N–H and O–H groups in total. The highest BCUT2D eigenvalue weighted by Crippen LogP contribution is 2.26. The molecule has 0 aromatic heterocycles. The van der Waals surface area contributed by atoms with Crippen LogP contribution in [0.3, 0.4) is 0 Å². The summed E-state index contributed by atoms with van der Waals surface area (Å²) in [5, 5.41) is 9.37. The topological polar surface area (TPSA) is 33.0 Å². The highest BCUT2D eigenvalue weighted by atomic mass is 35.5. The molecule has 19 heavy (non-hydrogen) atoms. The second-order valence-corrected chi connectivity index (χ2v) is 6.22. The van der Waals surface area contributed by atoms with Gasteiger partial charge in [0.2, 0.25) is 0 Å². The van der Waals surface area contributed by atoms with Gasteiger partial charge in [-0.2, -0.15) is 5.26 Å². The van der Waals surface area contributed by atoms with Crippen molar-refractivity contribution in [1.82, 2.24) is 0 Å². The summed E-state index contributed by atoms with van der Waals surface area (Å²) in [6.45, 7) is 8.85. The van der Waals surface area contributed by atoms with Crippen molar-refractivity contribution < 1.29 is 4.74 Å².